The van der Waals surface area contributed by atoms with E-state index in [4.69, 9.17) is 0 Å². The summed E-state index contributed by atoms with van der Waals surface area (Å²) in [5.74, 6) is -0.198. The predicted molar refractivity (Wildman–Crippen MR) is 120 cm³/mol. The quantitative estimate of drug-likeness (QED) is 0.579. The fourth-order valence-electron chi connectivity index (χ4n) is 3.94. The van der Waals surface area contributed by atoms with Crippen LogP contribution >= 0.6 is 0 Å². The second-order valence-corrected chi connectivity index (χ2v) is 7.90. The lowest BCUT2D eigenvalue weighted by Crippen LogP contribution is -2.37. The van der Waals surface area contributed by atoms with Gasteiger partial charge < -0.3 is 10.2 Å². The minimum Gasteiger partial charge on any atom is -0.351 e. The van der Waals surface area contributed by atoms with Crippen molar-refractivity contribution in [1.82, 2.24) is 20.4 Å². The van der Waals surface area contributed by atoms with Gasteiger partial charge in [-0.1, -0.05) is 49.4 Å². The van der Waals surface area contributed by atoms with E-state index in [0.717, 1.165) is 30.5 Å². The standard InChI is InChI=1S/C25H28N4O2/c1-2-18-10-12-20(13-11-18)25(31)29-16-14-22-21(17-29)23(28-27-22)24(30)26-15-6-9-19-7-4-3-5-8-19/h3-5,7-8,10-13H,2,6,9,14-17H2,1H3,(H,26,30)(H,27,28). The second kappa shape index (κ2) is 9.60. The van der Waals surface area contributed by atoms with Crippen LogP contribution in [0.4, 0.5) is 0 Å². The first-order valence-electron chi connectivity index (χ1n) is 10.9. The molecule has 0 atom stereocenters. The van der Waals surface area contributed by atoms with Gasteiger partial charge in [0.1, 0.15) is 0 Å². The van der Waals surface area contributed by atoms with E-state index in [9.17, 15) is 9.59 Å². The molecule has 1 aliphatic rings. The van der Waals surface area contributed by atoms with Gasteiger partial charge in [0.15, 0.2) is 5.69 Å². The van der Waals surface area contributed by atoms with Crippen molar-refractivity contribution in [2.45, 2.75) is 39.2 Å². The number of hydrogen-bond donors (Lipinski definition) is 2. The molecule has 1 aromatic heterocycles. The van der Waals surface area contributed by atoms with Gasteiger partial charge in [0.2, 0.25) is 0 Å². The molecule has 0 radical (unpaired) electrons. The summed E-state index contributed by atoms with van der Waals surface area (Å²) >= 11 is 0. The summed E-state index contributed by atoms with van der Waals surface area (Å²) in [6.07, 6.45) is 3.39. The van der Waals surface area contributed by atoms with Crippen molar-refractivity contribution in [1.29, 1.82) is 0 Å². The summed E-state index contributed by atoms with van der Waals surface area (Å²) < 4.78 is 0. The van der Waals surface area contributed by atoms with Gasteiger partial charge in [-0.15, -0.1) is 0 Å². The summed E-state index contributed by atoms with van der Waals surface area (Å²) in [7, 11) is 0. The molecule has 0 unspecified atom stereocenters. The number of aromatic amines is 1. The molecule has 4 rings (SSSR count). The molecule has 6 heteroatoms. The topological polar surface area (TPSA) is 78.1 Å². The normalized spacial score (nSPS) is 13.0. The van der Waals surface area contributed by atoms with Crippen molar-refractivity contribution in [3.8, 4) is 0 Å². The number of amides is 2. The molecule has 6 nitrogen and oxygen atoms in total. The molecule has 1 aliphatic heterocycles. The molecule has 0 fully saturated rings. The van der Waals surface area contributed by atoms with Gasteiger partial charge in [-0.2, -0.15) is 5.10 Å². The van der Waals surface area contributed by atoms with Crippen molar-refractivity contribution in [3.05, 3.63) is 88.2 Å². The van der Waals surface area contributed by atoms with Crippen LogP contribution < -0.4 is 5.32 Å². The van der Waals surface area contributed by atoms with Gasteiger partial charge in [-0.25, -0.2) is 0 Å². The number of aryl methyl sites for hydroxylation is 2. The Morgan fingerprint density at radius 1 is 1.06 bits per heavy atom. The number of nitrogens with one attached hydrogen (secondary N) is 2. The molecule has 0 saturated carbocycles. The number of nitrogens with zero attached hydrogens (tertiary/aromatic N) is 2. The van der Waals surface area contributed by atoms with E-state index in [0.29, 0.717) is 37.3 Å². The van der Waals surface area contributed by atoms with Gasteiger partial charge in [0, 0.05) is 36.3 Å². The van der Waals surface area contributed by atoms with Crippen LogP contribution in [0.5, 0.6) is 0 Å². The van der Waals surface area contributed by atoms with Crippen LogP contribution in [0, 0.1) is 0 Å². The third-order valence-electron chi connectivity index (χ3n) is 5.82. The van der Waals surface area contributed by atoms with Crippen LogP contribution in [0.2, 0.25) is 0 Å². The molecule has 2 N–H and O–H groups in total. The van der Waals surface area contributed by atoms with E-state index in [1.54, 1.807) is 4.90 Å². The summed E-state index contributed by atoms with van der Waals surface area (Å²) in [5.41, 5.74) is 5.31. The largest absolute Gasteiger partial charge is 0.351 e. The van der Waals surface area contributed by atoms with E-state index in [1.807, 2.05) is 42.5 Å². The molecule has 2 aromatic carbocycles. The minimum atomic E-state index is -0.188. The van der Waals surface area contributed by atoms with Gasteiger partial charge in [0.25, 0.3) is 11.8 Å². The molecule has 160 valence electrons. The third-order valence-corrected chi connectivity index (χ3v) is 5.82. The maximum absolute atomic E-state index is 13.0. The van der Waals surface area contributed by atoms with Crippen LogP contribution in [-0.2, 0) is 25.8 Å². The summed E-state index contributed by atoms with van der Waals surface area (Å²) in [5, 5.41) is 10.2. The van der Waals surface area contributed by atoms with E-state index >= 15 is 0 Å². The SMILES string of the molecule is CCc1ccc(C(=O)N2CCc3[nH]nc(C(=O)NCCCc4ccccc4)c3C2)cc1. The van der Waals surface area contributed by atoms with Crippen molar-refractivity contribution >= 4 is 11.8 Å². The highest BCUT2D eigenvalue weighted by molar-refractivity contribution is 5.96. The number of carbonyl (C=O) groups is 2. The second-order valence-electron chi connectivity index (χ2n) is 7.90. The Kier molecular flexibility index (Phi) is 6.46. The highest BCUT2D eigenvalue weighted by Crippen LogP contribution is 2.22. The molecule has 2 heterocycles. The fourth-order valence-corrected chi connectivity index (χ4v) is 3.94. The third kappa shape index (κ3) is 4.85. The van der Waals surface area contributed by atoms with Gasteiger partial charge >= 0.3 is 0 Å². The lowest BCUT2D eigenvalue weighted by atomic mass is 10.0. The molecule has 0 bridgehead atoms. The van der Waals surface area contributed by atoms with Crippen LogP contribution in [0.1, 0.15) is 56.6 Å². The Hall–Kier alpha value is -3.41. The molecular formula is C25H28N4O2. The molecule has 31 heavy (non-hydrogen) atoms. The van der Waals surface area contributed by atoms with Gasteiger partial charge in [-0.05, 0) is 42.5 Å². The van der Waals surface area contributed by atoms with E-state index < -0.39 is 0 Å². The number of H-pyrrole nitrogens is 1. The molecule has 0 saturated heterocycles. The lowest BCUT2D eigenvalue weighted by molar-refractivity contribution is 0.0731. The van der Waals surface area contributed by atoms with E-state index in [-0.39, 0.29) is 11.8 Å². The molecule has 0 aliphatic carbocycles. The highest BCUT2D eigenvalue weighted by Gasteiger charge is 2.28. The Morgan fingerprint density at radius 3 is 2.58 bits per heavy atom. The molecule has 0 spiro atoms. The summed E-state index contributed by atoms with van der Waals surface area (Å²) in [4.78, 5) is 27.5. The molecule has 2 amide bonds. The first-order valence-corrected chi connectivity index (χ1v) is 10.9. The van der Waals surface area contributed by atoms with Crippen molar-refractivity contribution in [3.63, 3.8) is 0 Å². The number of benzene rings is 2. The van der Waals surface area contributed by atoms with Crippen LogP contribution in [-0.4, -0.2) is 40.0 Å². The van der Waals surface area contributed by atoms with Crippen molar-refractivity contribution in [2.75, 3.05) is 13.1 Å². The number of fused-ring (bicyclic) bond motifs is 1. The van der Waals surface area contributed by atoms with Crippen LogP contribution in [0.25, 0.3) is 0 Å². The minimum absolute atomic E-state index is 0.0104. The highest BCUT2D eigenvalue weighted by atomic mass is 16.2. The van der Waals surface area contributed by atoms with Gasteiger partial charge in [-0.3, -0.25) is 14.7 Å². The van der Waals surface area contributed by atoms with Crippen LogP contribution in [0.3, 0.4) is 0 Å². The fraction of sp³-hybridized carbons (Fsp3) is 0.320. The number of rotatable bonds is 7. The van der Waals surface area contributed by atoms with Crippen molar-refractivity contribution < 1.29 is 9.59 Å². The first-order chi connectivity index (χ1) is 15.2. The Bertz CT molecular complexity index is 1040. The molecule has 3 aromatic rings. The molecular weight excluding hydrogens is 388 g/mol. The smallest absolute Gasteiger partial charge is 0.272 e. The summed E-state index contributed by atoms with van der Waals surface area (Å²) in [6.45, 7) is 3.69. The predicted octanol–water partition coefficient (Wildman–Crippen LogP) is 3.53. The van der Waals surface area contributed by atoms with E-state index in [1.165, 1.54) is 11.1 Å². The zero-order valence-corrected chi connectivity index (χ0v) is 17.9. The van der Waals surface area contributed by atoms with Gasteiger partial charge in [0.05, 0.1) is 6.54 Å². The monoisotopic (exact) mass is 416 g/mol. The van der Waals surface area contributed by atoms with Crippen LogP contribution in [0.15, 0.2) is 54.6 Å². The van der Waals surface area contributed by atoms with Crippen molar-refractivity contribution in [2.24, 2.45) is 0 Å². The Balaban J connectivity index is 1.36. The zero-order valence-electron chi connectivity index (χ0n) is 17.9. The Morgan fingerprint density at radius 2 is 1.84 bits per heavy atom. The lowest BCUT2D eigenvalue weighted by Gasteiger charge is -2.27. The zero-order chi connectivity index (χ0) is 21.6. The summed E-state index contributed by atoms with van der Waals surface area (Å²) in [6, 6.07) is 18.0. The maximum atomic E-state index is 13.0. The average molecular weight is 417 g/mol. The first kappa shape index (κ1) is 20.8. The Labute approximate surface area is 182 Å². The average Bonchev–Trinajstić information content (AvgIpc) is 3.25. The number of carbonyl (C=O) groups excluding carboxylic acids is 2. The number of hydrogen-bond acceptors (Lipinski definition) is 3. The van der Waals surface area contributed by atoms with E-state index in [2.05, 4.69) is 34.6 Å². The maximum Gasteiger partial charge on any atom is 0.272 e. The number of aromatic nitrogens is 2.